The van der Waals surface area contributed by atoms with Gasteiger partial charge in [0.15, 0.2) is 16.6 Å². The summed E-state index contributed by atoms with van der Waals surface area (Å²) in [5, 5.41) is 3.51. The lowest BCUT2D eigenvalue weighted by atomic mass is 10.1. The molecule has 1 N–H and O–H groups in total. The second-order valence-electron chi connectivity index (χ2n) is 7.50. The summed E-state index contributed by atoms with van der Waals surface area (Å²) < 4.78 is 11.3. The molecule has 1 aromatic carbocycles. The van der Waals surface area contributed by atoms with Crippen molar-refractivity contribution in [3.05, 3.63) is 24.4 Å². The predicted octanol–water partition coefficient (Wildman–Crippen LogP) is 6.03. The largest absolute Gasteiger partial charge is 0.490 e. The van der Waals surface area contributed by atoms with Gasteiger partial charge in [-0.25, -0.2) is 9.78 Å². The molecule has 32 heavy (non-hydrogen) atoms. The highest BCUT2D eigenvalue weighted by Crippen LogP contribution is 2.42. The Hall–Kier alpha value is -2.61. The summed E-state index contributed by atoms with van der Waals surface area (Å²) in [5.74, 6) is 0.599. The van der Waals surface area contributed by atoms with Crippen LogP contribution in [0.1, 0.15) is 65.7 Å². The average Bonchev–Trinajstić information content (AvgIpc) is 3.27. The van der Waals surface area contributed by atoms with E-state index in [9.17, 15) is 9.59 Å². The lowest BCUT2D eigenvalue weighted by Crippen LogP contribution is -2.37. The number of benzene rings is 1. The molecule has 1 aromatic heterocycles. The maximum Gasteiger partial charge on any atom is 0.323 e. The number of urea groups is 1. The molecule has 0 saturated carbocycles. The molecule has 2 amide bonds. The number of carbonyl (C=O) groups excluding carboxylic acids is 2. The molecule has 0 aliphatic carbocycles. The summed E-state index contributed by atoms with van der Waals surface area (Å²) >= 11 is 1.36. The first-order valence-electron chi connectivity index (χ1n) is 11.5. The summed E-state index contributed by atoms with van der Waals surface area (Å²) in [7, 11) is 1.70. The summed E-state index contributed by atoms with van der Waals surface area (Å²) in [6, 6.07) is 5.32. The lowest BCUT2D eigenvalue weighted by molar-refractivity contribution is -0.134. The molecule has 7 nitrogen and oxygen atoms in total. The number of anilines is 1. The predicted molar refractivity (Wildman–Crippen MR) is 130 cm³/mol. The average molecular weight is 462 g/mol. The highest BCUT2D eigenvalue weighted by atomic mass is 32.1. The van der Waals surface area contributed by atoms with Crippen LogP contribution in [0.3, 0.4) is 0 Å². The van der Waals surface area contributed by atoms with Crippen molar-refractivity contribution in [2.75, 3.05) is 25.1 Å². The van der Waals surface area contributed by atoms with Crippen molar-refractivity contribution >= 4 is 28.5 Å². The molecule has 8 heteroatoms. The number of nitrogens with one attached hydrogen (secondary N) is 1. The second kappa shape index (κ2) is 13.7. The van der Waals surface area contributed by atoms with Gasteiger partial charge >= 0.3 is 12.0 Å². The van der Waals surface area contributed by atoms with Gasteiger partial charge in [0.25, 0.3) is 0 Å². The fourth-order valence-electron chi connectivity index (χ4n) is 3.13. The Balaban J connectivity index is 2.12. The molecule has 0 saturated heterocycles. The molecular formula is C24H35N3O4S. The van der Waals surface area contributed by atoms with Crippen LogP contribution in [0, 0.1) is 0 Å². The number of unbranched alkanes of at least 4 members (excludes halogenated alkanes) is 4. The van der Waals surface area contributed by atoms with Crippen LogP contribution in [0.25, 0.3) is 10.4 Å². The number of thiazole rings is 1. The molecule has 176 valence electrons. The summed E-state index contributed by atoms with van der Waals surface area (Å²) in [6.45, 7) is 7.10. The first kappa shape index (κ1) is 25.6. The van der Waals surface area contributed by atoms with Crippen molar-refractivity contribution in [2.45, 2.75) is 65.7 Å². The topological polar surface area (TPSA) is 80.8 Å². The van der Waals surface area contributed by atoms with E-state index in [0.29, 0.717) is 48.2 Å². The van der Waals surface area contributed by atoms with Gasteiger partial charge < -0.3 is 14.8 Å². The Morgan fingerprint density at radius 3 is 2.59 bits per heavy atom. The summed E-state index contributed by atoms with van der Waals surface area (Å²) in [4.78, 5) is 31.4. The zero-order valence-corrected chi connectivity index (χ0v) is 20.4. The number of carbonyl (C=O) groups is 2. The van der Waals surface area contributed by atoms with Crippen LogP contribution >= 0.6 is 11.3 Å². The van der Waals surface area contributed by atoms with Crippen LogP contribution in [-0.2, 0) is 4.79 Å². The Labute approximate surface area is 195 Å². The quantitative estimate of drug-likeness (QED) is 0.224. The van der Waals surface area contributed by atoms with Crippen LogP contribution in [0.4, 0.5) is 9.93 Å². The Bertz CT molecular complexity index is 869. The molecule has 0 bridgehead atoms. The maximum atomic E-state index is 12.5. The van der Waals surface area contributed by atoms with E-state index in [1.807, 2.05) is 26.0 Å². The van der Waals surface area contributed by atoms with Crippen molar-refractivity contribution in [3.8, 4) is 21.9 Å². The van der Waals surface area contributed by atoms with Crippen molar-refractivity contribution in [3.63, 3.8) is 0 Å². The number of para-hydroxylation sites is 1. The van der Waals surface area contributed by atoms with Crippen LogP contribution in [0.15, 0.2) is 24.4 Å². The van der Waals surface area contributed by atoms with E-state index in [1.165, 1.54) is 35.5 Å². The van der Waals surface area contributed by atoms with Gasteiger partial charge in [0.05, 0.1) is 11.5 Å². The number of amides is 2. The van der Waals surface area contributed by atoms with Gasteiger partial charge in [-0.15, -0.1) is 0 Å². The summed E-state index contributed by atoms with van der Waals surface area (Å²) in [5.41, 5.74) is 0.717. The molecule has 1 heterocycles. The first-order chi connectivity index (χ1) is 15.5. The molecule has 0 atom stereocenters. The molecule has 2 aromatic rings. The third-order valence-corrected chi connectivity index (χ3v) is 5.96. The van der Waals surface area contributed by atoms with Gasteiger partial charge in [-0.2, -0.15) is 0 Å². The minimum absolute atomic E-state index is 0.181. The van der Waals surface area contributed by atoms with Gasteiger partial charge in [-0.3, -0.25) is 9.69 Å². The third kappa shape index (κ3) is 7.51. The normalized spacial score (nSPS) is 10.6. The van der Waals surface area contributed by atoms with Crippen LogP contribution in [0.5, 0.6) is 11.5 Å². The number of hydrogen-bond donors (Lipinski definition) is 1. The molecule has 0 aliphatic rings. The number of rotatable bonds is 13. The van der Waals surface area contributed by atoms with Gasteiger partial charge in [-0.05, 0) is 31.9 Å². The van der Waals surface area contributed by atoms with Crippen molar-refractivity contribution < 1.29 is 19.1 Å². The van der Waals surface area contributed by atoms with E-state index < -0.39 is 0 Å². The highest BCUT2D eigenvalue weighted by molar-refractivity contribution is 7.19. The van der Waals surface area contributed by atoms with Crippen LogP contribution in [0.2, 0.25) is 0 Å². The third-order valence-electron chi connectivity index (χ3n) is 4.86. The minimum atomic E-state index is -0.305. The lowest BCUT2D eigenvalue weighted by Gasteiger charge is -2.15. The van der Waals surface area contributed by atoms with Crippen molar-refractivity contribution in [1.82, 2.24) is 10.3 Å². The van der Waals surface area contributed by atoms with Gasteiger partial charge in [-0.1, -0.05) is 56.9 Å². The van der Waals surface area contributed by atoms with E-state index in [2.05, 4.69) is 17.2 Å². The standard InChI is InChI=1S/C24H35N3O4S/c1-5-8-9-10-11-16-25-23(29)27(4)24-26-17-20(32-24)18-14-12-15-19(30-7-3)22(18)31-21(28)13-6-2/h12,14-15,17H,5-11,13,16H2,1-4H3,(H,25,29). The van der Waals surface area contributed by atoms with Gasteiger partial charge in [0.2, 0.25) is 0 Å². The van der Waals surface area contributed by atoms with Crippen molar-refractivity contribution in [2.24, 2.45) is 0 Å². The van der Waals surface area contributed by atoms with E-state index in [1.54, 1.807) is 19.3 Å². The molecular weight excluding hydrogens is 426 g/mol. The zero-order chi connectivity index (χ0) is 23.3. The number of nitrogens with zero attached hydrogens (tertiary/aromatic N) is 2. The number of hydrogen-bond acceptors (Lipinski definition) is 6. The Morgan fingerprint density at radius 1 is 1.09 bits per heavy atom. The Kier molecular flexibility index (Phi) is 11.0. The molecule has 2 rings (SSSR count). The van der Waals surface area contributed by atoms with Crippen molar-refractivity contribution in [1.29, 1.82) is 0 Å². The fraction of sp³-hybridized carbons (Fsp3) is 0.542. The van der Waals surface area contributed by atoms with Crippen LogP contribution in [-0.4, -0.2) is 37.2 Å². The number of aromatic nitrogens is 1. The summed E-state index contributed by atoms with van der Waals surface area (Å²) in [6.07, 6.45) is 8.45. The first-order valence-corrected chi connectivity index (χ1v) is 12.3. The smallest absolute Gasteiger partial charge is 0.323 e. The van der Waals surface area contributed by atoms with E-state index in [-0.39, 0.29) is 12.0 Å². The Morgan fingerprint density at radius 2 is 1.88 bits per heavy atom. The molecule has 0 unspecified atom stereocenters. The fourth-order valence-corrected chi connectivity index (χ4v) is 4.03. The van der Waals surface area contributed by atoms with Gasteiger partial charge in [0.1, 0.15) is 0 Å². The maximum absolute atomic E-state index is 12.5. The SMILES string of the molecule is CCCCCCCNC(=O)N(C)c1ncc(-c2cccc(OCC)c2OC(=O)CCC)s1. The van der Waals surface area contributed by atoms with Gasteiger partial charge in [0, 0.05) is 31.8 Å². The minimum Gasteiger partial charge on any atom is -0.490 e. The molecule has 0 fully saturated rings. The second-order valence-corrected chi connectivity index (χ2v) is 8.51. The highest BCUT2D eigenvalue weighted by Gasteiger charge is 2.20. The molecule has 0 spiro atoms. The monoisotopic (exact) mass is 461 g/mol. The number of ether oxygens (including phenoxy) is 2. The molecule has 0 aliphatic heterocycles. The zero-order valence-electron chi connectivity index (χ0n) is 19.6. The van der Waals surface area contributed by atoms with E-state index in [4.69, 9.17) is 9.47 Å². The number of esters is 1. The molecule has 0 radical (unpaired) electrons. The van der Waals surface area contributed by atoms with E-state index >= 15 is 0 Å². The van der Waals surface area contributed by atoms with E-state index in [0.717, 1.165) is 17.7 Å². The van der Waals surface area contributed by atoms with Crippen LogP contribution < -0.4 is 19.7 Å².